The Kier molecular flexibility index (Phi) is 5.44. The molecule has 0 unspecified atom stereocenters. The SMILES string of the molecule is CCOC(=O)c1c(N)c([C@@H]2N[C@H](C)[C@H]3OC(C)(C)O[C@H]32)cn1C(=O)OC(C)(C)C. The number of nitrogens with one attached hydrogen (secondary N) is 1. The minimum Gasteiger partial charge on any atom is -0.461 e. The lowest BCUT2D eigenvalue weighted by Gasteiger charge is -2.23. The number of ether oxygens (including phenoxy) is 4. The number of nitrogens with zero attached hydrogens (tertiary/aromatic N) is 1. The van der Waals surface area contributed by atoms with Crippen LogP contribution in [0.3, 0.4) is 0 Å². The second-order valence-electron chi connectivity index (χ2n) is 8.92. The molecule has 2 fully saturated rings. The minimum atomic E-state index is -0.736. The van der Waals surface area contributed by atoms with Gasteiger partial charge in [-0.3, -0.25) is 0 Å². The highest BCUT2D eigenvalue weighted by Crippen LogP contribution is 2.43. The fraction of sp³-hybridized carbons (Fsp3) is 0.700. The maximum absolute atomic E-state index is 12.8. The van der Waals surface area contributed by atoms with Crippen LogP contribution in [0.4, 0.5) is 10.5 Å². The first-order valence-electron chi connectivity index (χ1n) is 9.87. The van der Waals surface area contributed by atoms with Crippen LogP contribution in [0.5, 0.6) is 0 Å². The van der Waals surface area contributed by atoms with Gasteiger partial charge in [-0.25, -0.2) is 14.2 Å². The average molecular weight is 409 g/mol. The number of hydrogen-bond donors (Lipinski definition) is 2. The van der Waals surface area contributed by atoms with Crippen molar-refractivity contribution < 1.29 is 28.5 Å². The summed E-state index contributed by atoms with van der Waals surface area (Å²) in [6, 6.07) is -0.351. The number of fused-ring (bicyclic) bond motifs is 1. The molecule has 9 heteroatoms. The quantitative estimate of drug-likeness (QED) is 0.732. The largest absolute Gasteiger partial charge is 0.461 e. The van der Waals surface area contributed by atoms with Gasteiger partial charge in [0.1, 0.15) is 17.8 Å². The number of aromatic nitrogens is 1. The number of hydrogen-bond acceptors (Lipinski definition) is 8. The van der Waals surface area contributed by atoms with Gasteiger partial charge in [0.25, 0.3) is 0 Å². The third kappa shape index (κ3) is 4.12. The molecule has 0 bridgehead atoms. The van der Waals surface area contributed by atoms with E-state index in [9.17, 15) is 9.59 Å². The molecule has 0 aliphatic carbocycles. The molecule has 3 heterocycles. The van der Waals surface area contributed by atoms with E-state index in [1.54, 1.807) is 27.7 Å². The van der Waals surface area contributed by atoms with Gasteiger partial charge in [0.05, 0.1) is 18.3 Å². The number of carbonyl (C=O) groups excluding carboxylic acids is 2. The van der Waals surface area contributed by atoms with Crippen LogP contribution in [0.2, 0.25) is 0 Å². The van der Waals surface area contributed by atoms with Crippen molar-refractivity contribution in [1.82, 2.24) is 9.88 Å². The minimum absolute atomic E-state index is 0.00194. The summed E-state index contributed by atoms with van der Waals surface area (Å²) in [5.74, 6) is -1.41. The van der Waals surface area contributed by atoms with Crippen LogP contribution in [-0.2, 0) is 18.9 Å². The Bertz CT molecular complexity index is 810. The molecule has 0 amide bonds. The Labute approximate surface area is 170 Å². The number of nitrogen functional groups attached to an aromatic ring is 1. The van der Waals surface area contributed by atoms with Gasteiger partial charge in [-0.1, -0.05) is 0 Å². The van der Waals surface area contributed by atoms with Crippen molar-refractivity contribution in [2.75, 3.05) is 12.3 Å². The lowest BCUT2D eigenvalue weighted by Crippen LogP contribution is -2.33. The van der Waals surface area contributed by atoms with Crippen molar-refractivity contribution in [1.29, 1.82) is 0 Å². The van der Waals surface area contributed by atoms with Gasteiger partial charge >= 0.3 is 12.1 Å². The Balaban J connectivity index is 2.03. The van der Waals surface area contributed by atoms with E-state index in [-0.39, 0.29) is 42.3 Å². The van der Waals surface area contributed by atoms with E-state index >= 15 is 0 Å². The number of anilines is 1. The Morgan fingerprint density at radius 3 is 2.48 bits per heavy atom. The molecule has 3 rings (SSSR count). The normalized spacial score (nSPS) is 28.2. The van der Waals surface area contributed by atoms with E-state index in [0.717, 1.165) is 4.57 Å². The summed E-state index contributed by atoms with van der Waals surface area (Å²) in [6.07, 6.45) is 0.332. The number of carbonyl (C=O) groups is 2. The number of nitrogens with two attached hydrogens (primary N) is 1. The van der Waals surface area contributed by atoms with Crippen molar-refractivity contribution in [2.45, 2.75) is 84.1 Å². The zero-order chi connectivity index (χ0) is 21.7. The summed E-state index contributed by atoms with van der Waals surface area (Å²) in [4.78, 5) is 25.3. The maximum Gasteiger partial charge on any atom is 0.419 e. The Morgan fingerprint density at radius 1 is 1.28 bits per heavy atom. The molecule has 0 aromatic carbocycles. The molecule has 2 aliphatic rings. The second-order valence-corrected chi connectivity index (χ2v) is 8.92. The topological polar surface area (TPSA) is 114 Å². The average Bonchev–Trinajstić information content (AvgIpc) is 3.16. The van der Waals surface area contributed by atoms with Gasteiger partial charge in [0, 0.05) is 17.8 Å². The predicted octanol–water partition coefficient (Wildman–Crippen LogP) is 2.58. The van der Waals surface area contributed by atoms with E-state index in [0.29, 0.717) is 5.56 Å². The van der Waals surface area contributed by atoms with Crippen LogP contribution in [0.15, 0.2) is 6.20 Å². The molecular formula is C20H31N3O6. The van der Waals surface area contributed by atoms with Gasteiger partial charge in [-0.15, -0.1) is 0 Å². The third-order valence-electron chi connectivity index (χ3n) is 4.90. The Hall–Kier alpha value is -2.10. The molecular weight excluding hydrogens is 378 g/mol. The standard InChI is InChI=1S/C20H31N3O6/c1-8-26-17(24)14-12(21)11(9-23(14)18(25)29-19(3,4)5)13-16-15(10(2)22-13)27-20(6,7)28-16/h9-10,13,15-16,22H,8,21H2,1-7H3/t10-,13+,15-,16+/m1/s1. The number of esters is 1. The molecule has 162 valence electrons. The van der Waals surface area contributed by atoms with Crippen LogP contribution < -0.4 is 11.1 Å². The first-order valence-corrected chi connectivity index (χ1v) is 9.87. The van der Waals surface area contributed by atoms with Crippen molar-refractivity contribution in [2.24, 2.45) is 0 Å². The zero-order valence-corrected chi connectivity index (χ0v) is 18.1. The van der Waals surface area contributed by atoms with Crippen molar-refractivity contribution in [3.05, 3.63) is 17.5 Å². The van der Waals surface area contributed by atoms with Crippen LogP contribution in [0.25, 0.3) is 0 Å². The Morgan fingerprint density at radius 2 is 1.90 bits per heavy atom. The summed E-state index contributed by atoms with van der Waals surface area (Å²) in [6.45, 7) is 12.8. The molecule has 3 N–H and O–H groups in total. The van der Waals surface area contributed by atoms with Crippen LogP contribution in [-0.4, -0.2) is 52.9 Å². The molecule has 9 nitrogen and oxygen atoms in total. The monoisotopic (exact) mass is 409 g/mol. The smallest absolute Gasteiger partial charge is 0.419 e. The summed E-state index contributed by atoms with van der Waals surface area (Å²) in [7, 11) is 0. The first-order chi connectivity index (χ1) is 13.3. The maximum atomic E-state index is 12.8. The van der Waals surface area contributed by atoms with Gasteiger partial charge < -0.3 is 30.0 Å². The van der Waals surface area contributed by atoms with Crippen molar-refractivity contribution >= 4 is 17.7 Å². The van der Waals surface area contributed by atoms with Crippen LogP contribution >= 0.6 is 0 Å². The van der Waals surface area contributed by atoms with Gasteiger partial charge in [-0.2, -0.15) is 0 Å². The summed E-state index contributed by atoms with van der Waals surface area (Å²) in [5, 5.41) is 3.40. The van der Waals surface area contributed by atoms with Crippen molar-refractivity contribution in [3.63, 3.8) is 0 Å². The molecule has 4 atom stereocenters. The van der Waals surface area contributed by atoms with E-state index in [2.05, 4.69) is 5.32 Å². The second kappa shape index (κ2) is 7.30. The highest BCUT2D eigenvalue weighted by molar-refractivity contribution is 5.98. The summed E-state index contributed by atoms with van der Waals surface area (Å²) < 4.78 is 23.8. The lowest BCUT2D eigenvalue weighted by atomic mass is 10.0. The fourth-order valence-corrected chi connectivity index (χ4v) is 3.85. The van der Waals surface area contributed by atoms with E-state index in [1.807, 2.05) is 20.8 Å². The lowest BCUT2D eigenvalue weighted by molar-refractivity contribution is -0.156. The fourth-order valence-electron chi connectivity index (χ4n) is 3.85. The third-order valence-corrected chi connectivity index (χ3v) is 4.90. The molecule has 0 radical (unpaired) electrons. The highest BCUT2D eigenvalue weighted by Gasteiger charge is 2.53. The highest BCUT2D eigenvalue weighted by atomic mass is 16.8. The molecule has 29 heavy (non-hydrogen) atoms. The predicted molar refractivity (Wildman–Crippen MR) is 106 cm³/mol. The molecule has 0 spiro atoms. The van der Waals surface area contributed by atoms with E-state index in [4.69, 9.17) is 24.7 Å². The number of rotatable bonds is 3. The van der Waals surface area contributed by atoms with E-state index in [1.165, 1.54) is 6.20 Å². The van der Waals surface area contributed by atoms with E-state index < -0.39 is 23.5 Å². The first kappa shape index (κ1) is 21.6. The summed E-state index contributed by atoms with van der Waals surface area (Å²) >= 11 is 0. The molecule has 2 saturated heterocycles. The van der Waals surface area contributed by atoms with Crippen LogP contribution in [0, 0.1) is 0 Å². The zero-order valence-electron chi connectivity index (χ0n) is 18.1. The van der Waals surface area contributed by atoms with Gasteiger partial charge in [0.2, 0.25) is 0 Å². The molecule has 1 aromatic heterocycles. The molecule has 1 aromatic rings. The van der Waals surface area contributed by atoms with Crippen LogP contribution in [0.1, 0.15) is 70.6 Å². The molecule has 0 saturated carbocycles. The molecule has 2 aliphatic heterocycles. The summed E-state index contributed by atoms with van der Waals surface area (Å²) in [5.41, 5.74) is 6.29. The van der Waals surface area contributed by atoms with Gasteiger partial charge in [-0.05, 0) is 48.5 Å². The van der Waals surface area contributed by atoms with Crippen molar-refractivity contribution in [3.8, 4) is 0 Å². The van der Waals surface area contributed by atoms with Gasteiger partial charge in [0.15, 0.2) is 11.5 Å².